The van der Waals surface area contributed by atoms with Gasteiger partial charge in [-0.15, -0.1) is 0 Å². The van der Waals surface area contributed by atoms with Crippen molar-refractivity contribution in [1.29, 1.82) is 0 Å². The predicted octanol–water partition coefficient (Wildman–Crippen LogP) is 3.18. The second-order valence-corrected chi connectivity index (χ2v) is 7.95. The highest BCUT2D eigenvalue weighted by atomic mass is 19.1. The van der Waals surface area contributed by atoms with Crippen molar-refractivity contribution in [2.45, 2.75) is 39.2 Å². The number of likely N-dealkylation sites (tertiary alicyclic amines) is 1. The van der Waals surface area contributed by atoms with Gasteiger partial charge in [0.1, 0.15) is 0 Å². The molecule has 1 saturated carbocycles. The normalized spacial score (nSPS) is 21.9. The molecule has 0 spiro atoms. The summed E-state index contributed by atoms with van der Waals surface area (Å²) in [6.07, 6.45) is 3.59. The molecule has 5 nitrogen and oxygen atoms in total. The van der Waals surface area contributed by atoms with Gasteiger partial charge in [-0.25, -0.2) is 4.39 Å². The summed E-state index contributed by atoms with van der Waals surface area (Å²) < 4.78 is 19.9. The lowest BCUT2D eigenvalue weighted by Crippen LogP contribution is -2.39. The molecule has 0 radical (unpaired) electrons. The van der Waals surface area contributed by atoms with Gasteiger partial charge in [0.2, 0.25) is 0 Å². The maximum absolute atomic E-state index is 14.4. The highest BCUT2D eigenvalue weighted by Gasteiger charge is 2.23. The molecule has 1 aromatic carbocycles. The fourth-order valence-corrected chi connectivity index (χ4v) is 3.40. The molecule has 2 N–H and O–H groups in total. The Morgan fingerprint density at radius 1 is 1.33 bits per heavy atom. The first-order chi connectivity index (χ1) is 13.0. The Morgan fingerprint density at radius 2 is 2.15 bits per heavy atom. The summed E-state index contributed by atoms with van der Waals surface area (Å²) in [5, 5.41) is 6.69. The molecule has 0 amide bonds. The summed E-state index contributed by atoms with van der Waals surface area (Å²) in [5.74, 6) is 2.07. The van der Waals surface area contributed by atoms with Crippen LogP contribution in [0.2, 0.25) is 0 Å². The molecule has 0 aromatic heterocycles. The van der Waals surface area contributed by atoms with E-state index in [1.165, 1.54) is 19.3 Å². The third-order valence-corrected chi connectivity index (χ3v) is 5.32. The molecule has 1 heterocycles. The minimum Gasteiger partial charge on any atom is -0.490 e. The molecule has 150 valence electrons. The van der Waals surface area contributed by atoms with Gasteiger partial charge in [0.05, 0.1) is 12.6 Å². The van der Waals surface area contributed by atoms with Crippen LogP contribution in [-0.2, 0) is 0 Å². The predicted molar refractivity (Wildman–Crippen MR) is 108 cm³/mol. The van der Waals surface area contributed by atoms with Crippen LogP contribution in [0.25, 0.3) is 0 Å². The Labute approximate surface area is 162 Å². The maximum atomic E-state index is 14.4. The van der Waals surface area contributed by atoms with Gasteiger partial charge in [0.25, 0.3) is 0 Å². The number of hydrogen-bond donors (Lipinski definition) is 2. The van der Waals surface area contributed by atoms with Crippen molar-refractivity contribution in [2.75, 3.05) is 39.8 Å². The summed E-state index contributed by atoms with van der Waals surface area (Å²) in [7, 11) is 2.15. The van der Waals surface area contributed by atoms with E-state index in [9.17, 15) is 4.39 Å². The Bertz CT molecular complexity index is 647. The monoisotopic (exact) mass is 376 g/mol. The number of guanidine groups is 1. The third kappa shape index (κ3) is 6.09. The number of benzene rings is 1. The first-order valence-corrected chi connectivity index (χ1v) is 10.2. The molecular weight excluding hydrogens is 343 g/mol. The molecule has 27 heavy (non-hydrogen) atoms. The molecule has 2 unspecified atom stereocenters. The maximum Gasteiger partial charge on any atom is 0.191 e. The van der Waals surface area contributed by atoms with Crippen LogP contribution in [0.1, 0.15) is 44.7 Å². The molecule has 1 aliphatic carbocycles. The molecule has 2 fully saturated rings. The van der Waals surface area contributed by atoms with E-state index in [0.29, 0.717) is 24.2 Å². The van der Waals surface area contributed by atoms with E-state index in [2.05, 4.69) is 29.5 Å². The van der Waals surface area contributed by atoms with Crippen LogP contribution >= 0.6 is 0 Å². The zero-order valence-electron chi connectivity index (χ0n) is 16.8. The van der Waals surface area contributed by atoms with Gasteiger partial charge in [-0.1, -0.05) is 6.07 Å². The van der Waals surface area contributed by atoms with Crippen molar-refractivity contribution in [3.8, 4) is 5.75 Å². The van der Waals surface area contributed by atoms with Crippen LogP contribution in [0.15, 0.2) is 23.2 Å². The van der Waals surface area contributed by atoms with Crippen LogP contribution < -0.4 is 15.4 Å². The van der Waals surface area contributed by atoms with E-state index < -0.39 is 0 Å². The first kappa shape index (κ1) is 19.9. The summed E-state index contributed by atoms with van der Waals surface area (Å²) in [6, 6.07) is 5.19. The van der Waals surface area contributed by atoms with Crippen molar-refractivity contribution in [3.63, 3.8) is 0 Å². The van der Waals surface area contributed by atoms with Crippen molar-refractivity contribution in [1.82, 2.24) is 15.5 Å². The fraction of sp³-hybridized carbons (Fsp3) is 0.667. The lowest BCUT2D eigenvalue weighted by atomic mass is 10.1. The smallest absolute Gasteiger partial charge is 0.191 e. The van der Waals surface area contributed by atoms with E-state index >= 15 is 0 Å². The van der Waals surface area contributed by atoms with Gasteiger partial charge < -0.3 is 20.3 Å². The highest BCUT2D eigenvalue weighted by molar-refractivity contribution is 5.80. The quantitative estimate of drug-likeness (QED) is 0.540. The molecule has 2 aliphatic rings. The van der Waals surface area contributed by atoms with Crippen LogP contribution in [0.4, 0.5) is 4.39 Å². The molecule has 3 rings (SSSR count). The zero-order valence-corrected chi connectivity index (χ0v) is 16.8. The van der Waals surface area contributed by atoms with Crippen LogP contribution in [0.3, 0.4) is 0 Å². The van der Waals surface area contributed by atoms with E-state index in [4.69, 9.17) is 9.73 Å². The third-order valence-electron chi connectivity index (χ3n) is 5.32. The largest absolute Gasteiger partial charge is 0.490 e. The Balaban J connectivity index is 1.57. The molecule has 2 atom stereocenters. The van der Waals surface area contributed by atoms with Gasteiger partial charge >= 0.3 is 0 Å². The summed E-state index contributed by atoms with van der Waals surface area (Å²) >= 11 is 0. The number of aliphatic imine (C=N–C) groups is 1. The highest BCUT2D eigenvalue weighted by Crippen LogP contribution is 2.30. The minimum absolute atomic E-state index is 0.0407. The van der Waals surface area contributed by atoms with Crippen molar-refractivity contribution in [2.24, 2.45) is 16.8 Å². The summed E-state index contributed by atoms with van der Waals surface area (Å²) in [5.41, 5.74) is 0.887. The molecule has 1 aromatic rings. The number of rotatable bonds is 8. The van der Waals surface area contributed by atoms with E-state index in [-0.39, 0.29) is 11.9 Å². The standard InChI is InChI=1S/C21H33FN4O/c1-4-23-21(24-12-17-9-10-26(3)13-17)25-15(2)18-7-8-20(19(22)11-18)27-14-16-5-6-16/h7-8,11,15-17H,4-6,9-10,12-14H2,1-3H3,(H2,23,24,25). The van der Waals surface area contributed by atoms with Gasteiger partial charge in [-0.05, 0) is 76.2 Å². The van der Waals surface area contributed by atoms with Gasteiger partial charge in [0, 0.05) is 19.6 Å². The lowest BCUT2D eigenvalue weighted by molar-refractivity contribution is 0.285. The van der Waals surface area contributed by atoms with Gasteiger partial charge in [-0.3, -0.25) is 4.99 Å². The topological polar surface area (TPSA) is 48.9 Å². The molecule has 6 heteroatoms. The van der Waals surface area contributed by atoms with Crippen molar-refractivity contribution < 1.29 is 9.13 Å². The average molecular weight is 377 g/mol. The van der Waals surface area contributed by atoms with Crippen LogP contribution in [0, 0.1) is 17.7 Å². The molecule has 1 aliphatic heterocycles. The van der Waals surface area contributed by atoms with Gasteiger partial charge in [-0.2, -0.15) is 0 Å². The number of nitrogens with one attached hydrogen (secondary N) is 2. The lowest BCUT2D eigenvalue weighted by Gasteiger charge is -2.19. The van der Waals surface area contributed by atoms with Gasteiger partial charge in [0.15, 0.2) is 17.5 Å². The Kier molecular flexibility index (Phi) is 6.94. The molecule has 0 bridgehead atoms. The minimum atomic E-state index is -0.294. The average Bonchev–Trinajstić information content (AvgIpc) is 3.38. The Morgan fingerprint density at radius 3 is 2.78 bits per heavy atom. The van der Waals surface area contributed by atoms with E-state index in [1.807, 2.05) is 13.0 Å². The van der Waals surface area contributed by atoms with E-state index in [1.54, 1.807) is 12.1 Å². The number of halogens is 1. The second kappa shape index (κ2) is 9.40. The zero-order chi connectivity index (χ0) is 19.2. The van der Waals surface area contributed by atoms with E-state index in [0.717, 1.165) is 37.7 Å². The summed E-state index contributed by atoms with van der Waals surface area (Å²) in [6.45, 7) is 8.56. The van der Waals surface area contributed by atoms with Crippen LogP contribution in [0.5, 0.6) is 5.75 Å². The first-order valence-electron chi connectivity index (χ1n) is 10.2. The number of ether oxygens (including phenoxy) is 1. The Hall–Kier alpha value is -1.82. The number of hydrogen-bond acceptors (Lipinski definition) is 3. The molecular formula is C21H33FN4O. The van der Waals surface area contributed by atoms with Crippen molar-refractivity contribution in [3.05, 3.63) is 29.6 Å². The van der Waals surface area contributed by atoms with Crippen LogP contribution in [-0.4, -0.2) is 50.7 Å². The fourth-order valence-electron chi connectivity index (χ4n) is 3.40. The number of nitrogens with zero attached hydrogens (tertiary/aromatic N) is 2. The second-order valence-electron chi connectivity index (χ2n) is 7.95. The SMILES string of the molecule is CCNC(=NCC1CCN(C)C1)NC(C)c1ccc(OCC2CC2)c(F)c1. The summed E-state index contributed by atoms with van der Waals surface area (Å²) in [4.78, 5) is 7.09. The molecule has 1 saturated heterocycles. The van der Waals surface area contributed by atoms with Crippen molar-refractivity contribution >= 4 is 5.96 Å².